The highest BCUT2D eigenvalue weighted by atomic mass is 16.3. The molecule has 0 aromatic heterocycles. The van der Waals surface area contributed by atoms with Gasteiger partial charge in [0.05, 0.1) is 12.6 Å². The normalized spacial score (nSPS) is 17.8. The minimum Gasteiger partial charge on any atom is -0.394 e. The summed E-state index contributed by atoms with van der Waals surface area (Å²) in [5.41, 5.74) is 3.75. The van der Waals surface area contributed by atoms with E-state index < -0.39 is 0 Å². The monoisotopic (exact) mass is 205 g/mol. The van der Waals surface area contributed by atoms with Gasteiger partial charge in [-0.3, -0.25) is 0 Å². The second-order valence-electron chi connectivity index (χ2n) is 4.54. The van der Waals surface area contributed by atoms with E-state index in [-0.39, 0.29) is 12.6 Å². The molecule has 1 aliphatic rings. The summed E-state index contributed by atoms with van der Waals surface area (Å²) in [5, 5.41) is 12.9. The fraction of sp³-hybridized carbons (Fsp3) is 0.538. The Morgan fingerprint density at radius 1 is 1.40 bits per heavy atom. The van der Waals surface area contributed by atoms with Crippen molar-refractivity contribution in [2.75, 3.05) is 6.61 Å². The Hall–Kier alpha value is -0.860. The van der Waals surface area contributed by atoms with E-state index in [1.807, 2.05) is 0 Å². The number of benzene rings is 1. The van der Waals surface area contributed by atoms with Crippen molar-refractivity contribution in [2.45, 2.75) is 38.8 Å². The number of hydrogen-bond acceptors (Lipinski definition) is 2. The molecule has 0 amide bonds. The highest BCUT2D eigenvalue weighted by Crippen LogP contribution is 2.26. The summed E-state index contributed by atoms with van der Waals surface area (Å²) >= 11 is 0. The Labute approximate surface area is 91.3 Å². The van der Waals surface area contributed by atoms with Crippen molar-refractivity contribution in [2.24, 2.45) is 0 Å². The standard InChI is InChI=1S/C13H19NO/c1-9-3-4-10(2)12(7-9)13(8-15)14-11-5-6-11/h3-4,7,11,13-15H,5-6,8H2,1-2H3. The second kappa shape index (κ2) is 4.33. The molecule has 0 bridgehead atoms. The van der Waals surface area contributed by atoms with E-state index in [1.165, 1.54) is 29.5 Å². The summed E-state index contributed by atoms with van der Waals surface area (Å²) in [6.45, 7) is 4.38. The molecule has 82 valence electrons. The molecule has 1 aromatic rings. The molecule has 0 saturated heterocycles. The van der Waals surface area contributed by atoms with Crippen LogP contribution in [0, 0.1) is 13.8 Å². The van der Waals surface area contributed by atoms with Gasteiger partial charge in [-0.15, -0.1) is 0 Å². The molecule has 2 nitrogen and oxygen atoms in total. The van der Waals surface area contributed by atoms with Crippen LogP contribution in [0.2, 0.25) is 0 Å². The van der Waals surface area contributed by atoms with Gasteiger partial charge in [0.15, 0.2) is 0 Å². The van der Waals surface area contributed by atoms with Gasteiger partial charge in [-0.1, -0.05) is 23.8 Å². The van der Waals surface area contributed by atoms with E-state index in [2.05, 4.69) is 37.4 Å². The van der Waals surface area contributed by atoms with Crippen LogP contribution in [0.1, 0.15) is 35.6 Å². The fourth-order valence-electron chi connectivity index (χ4n) is 1.91. The lowest BCUT2D eigenvalue weighted by atomic mass is 9.99. The SMILES string of the molecule is Cc1ccc(C)c(C(CO)NC2CC2)c1. The molecule has 1 aliphatic carbocycles. The van der Waals surface area contributed by atoms with Crippen LogP contribution in [-0.2, 0) is 0 Å². The molecule has 0 spiro atoms. The Morgan fingerprint density at radius 2 is 2.13 bits per heavy atom. The molecule has 1 unspecified atom stereocenters. The molecule has 0 heterocycles. The maximum Gasteiger partial charge on any atom is 0.0626 e. The van der Waals surface area contributed by atoms with Crippen molar-refractivity contribution >= 4 is 0 Å². The molecule has 0 radical (unpaired) electrons. The zero-order chi connectivity index (χ0) is 10.8. The highest BCUT2D eigenvalue weighted by molar-refractivity contribution is 5.33. The van der Waals surface area contributed by atoms with Crippen molar-refractivity contribution in [1.29, 1.82) is 0 Å². The number of aliphatic hydroxyl groups excluding tert-OH is 1. The molecular weight excluding hydrogens is 186 g/mol. The maximum absolute atomic E-state index is 9.41. The third-order valence-corrected chi connectivity index (χ3v) is 3.01. The van der Waals surface area contributed by atoms with Crippen molar-refractivity contribution < 1.29 is 5.11 Å². The van der Waals surface area contributed by atoms with Crippen LogP contribution in [0.5, 0.6) is 0 Å². The van der Waals surface area contributed by atoms with Gasteiger partial charge in [0, 0.05) is 6.04 Å². The molecule has 2 rings (SSSR count). The summed E-state index contributed by atoms with van der Waals surface area (Å²) in [4.78, 5) is 0. The van der Waals surface area contributed by atoms with Gasteiger partial charge in [0.25, 0.3) is 0 Å². The molecule has 1 aromatic carbocycles. The molecule has 2 N–H and O–H groups in total. The molecule has 1 atom stereocenters. The topological polar surface area (TPSA) is 32.3 Å². The third-order valence-electron chi connectivity index (χ3n) is 3.01. The van der Waals surface area contributed by atoms with E-state index in [0.717, 1.165) is 0 Å². The molecule has 2 heteroatoms. The number of hydrogen-bond donors (Lipinski definition) is 2. The van der Waals surface area contributed by atoms with E-state index in [9.17, 15) is 5.11 Å². The molecule has 15 heavy (non-hydrogen) atoms. The van der Waals surface area contributed by atoms with Crippen molar-refractivity contribution in [3.05, 3.63) is 34.9 Å². The predicted molar refractivity (Wildman–Crippen MR) is 61.9 cm³/mol. The van der Waals surface area contributed by atoms with Crippen LogP contribution in [0.3, 0.4) is 0 Å². The van der Waals surface area contributed by atoms with Crippen molar-refractivity contribution in [3.8, 4) is 0 Å². The smallest absolute Gasteiger partial charge is 0.0626 e. The zero-order valence-electron chi connectivity index (χ0n) is 9.46. The lowest BCUT2D eigenvalue weighted by molar-refractivity contribution is 0.243. The number of aryl methyl sites for hydroxylation is 2. The molecule has 1 saturated carbocycles. The summed E-state index contributed by atoms with van der Waals surface area (Å²) < 4.78 is 0. The average Bonchev–Trinajstić information content (AvgIpc) is 3.02. The van der Waals surface area contributed by atoms with Gasteiger partial charge in [-0.05, 0) is 37.8 Å². The van der Waals surface area contributed by atoms with Crippen LogP contribution >= 0.6 is 0 Å². The largest absolute Gasteiger partial charge is 0.394 e. The molecule has 1 fully saturated rings. The first-order valence-electron chi connectivity index (χ1n) is 5.65. The van der Waals surface area contributed by atoms with Crippen LogP contribution in [0.15, 0.2) is 18.2 Å². The molecule has 0 aliphatic heterocycles. The Morgan fingerprint density at radius 3 is 2.73 bits per heavy atom. The van der Waals surface area contributed by atoms with Gasteiger partial charge >= 0.3 is 0 Å². The Balaban J connectivity index is 2.19. The van der Waals surface area contributed by atoms with Crippen molar-refractivity contribution in [3.63, 3.8) is 0 Å². The van der Waals surface area contributed by atoms with Crippen LogP contribution in [-0.4, -0.2) is 17.8 Å². The fourth-order valence-corrected chi connectivity index (χ4v) is 1.91. The van der Waals surface area contributed by atoms with Crippen LogP contribution in [0.4, 0.5) is 0 Å². The maximum atomic E-state index is 9.41. The van der Waals surface area contributed by atoms with Gasteiger partial charge < -0.3 is 10.4 Å². The van der Waals surface area contributed by atoms with Gasteiger partial charge in [0.1, 0.15) is 0 Å². The quantitative estimate of drug-likeness (QED) is 0.789. The first kappa shape index (κ1) is 10.7. The lowest BCUT2D eigenvalue weighted by Crippen LogP contribution is -2.27. The van der Waals surface area contributed by atoms with E-state index in [0.29, 0.717) is 6.04 Å². The minimum absolute atomic E-state index is 0.109. The Kier molecular flexibility index (Phi) is 3.08. The second-order valence-corrected chi connectivity index (χ2v) is 4.54. The summed E-state index contributed by atoms with van der Waals surface area (Å²) in [7, 11) is 0. The summed E-state index contributed by atoms with van der Waals surface area (Å²) in [6, 6.07) is 7.15. The number of rotatable bonds is 4. The van der Waals surface area contributed by atoms with E-state index >= 15 is 0 Å². The minimum atomic E-state index is 0.109. The lowest BCUT2D eigenvalue weighted by Gasteiger charge is -2.19. The van der Waals surface area contributed by atoms with Gasteiger partial charge in [-0.25, -0.2) is 0 Å². The van der Waals surface area contributed by atoms with Crippen molar-refractivity contribution in [1.82, 2.24) is 5.32 Å². The number of aliphatic hydroxyl groups is 1. The summed E-state index contributed by atoms with van der Waals surface area (Å²) in [6.07, 6.45) is 2.50. The van der Waals surface area contributed by atoms with Gasteiger partial charge in [0.2, 0.25) is 0 Å². The van der Waals surface area contributed by atoms with Crippen LogP contribution < -0.4 is 5.32 Å². The average molecular weight is 205 g/mol. The van der Waals surface area contributed by atoms with Crippen LogP contribution in [0.25, 0.3) is 0 Å². The zero-order valence-corrected chi connectivity index (χ0v) is 9.46. The predicted octanol–water partition coefficient (Wildman–Crippen LogP) is 2.09. The van der Waals surface area contributed by atoms with Gasteiger partial charge in [-0.2, -0.15) is 0 Å². The third kappa shape index (κ3) is 2.58. The Bertz CT molecular complexity index is 344. The first-order chi connectivity index (χ1) is 7.20. The van der Waals surface area contributed by atoms with E-state index in [4.69, 9.17) is 0 Å². The molecular formula is C13H19NO. The number of nitrogens with one attached hydrogen (secondary N) is 1. The first-order valence-corrected chi connectivity index (χ1v) is 5.65. The highest BCUT2D eigenvalue weighted by Gasteiger charge is 2.25. The van der Waals surface area contributed by atoms with E-state index in [1.54, 1.807) is 0 Å². The summed E-state index contributed by atoms with van der Waals surface area (Å²) in [5.74, 6) is 0.